The molecule has 26 heavy (non-hydrogen) atoms. The smallest absolute Gasteiger partial charge is 0.224 e. The molecule has 1 fully saturated rings. The van der Waals surface area contributed by atoms with E-state index in [-0.39, 0.29) is 18.1 Å². The van der Waals surface area contributed by atoms with E-state index in [0.29, 0.717) is 13.1 Å². The Morgan fingerprint density at radius 1 is 1.15 bits per heavy atom. The van der Waals surface area contributed by atoms with E-state index in [4.69, 9.17) is 0 Å². The summed E-state index contributed by atoms with van der Waals surface area (Å²) >= 11 is 0. The van der Waals surface area contributed by atoms with Crippen LogP contribution in [0.4, 0.5) is 16.0 Å². The molecule has 0 radical (unpaired) electrons. The lowest BCUT2D eigenvalue weighted by Crippen LogP contribution is -2.30. The molecule has 0 unspecified atom stereocenters. The van der Waals surface area contributed by atoms with E-state index in [0.717, 1.165) is 36.1 Å². The number of carbonyl (C=O) groups is 1. The third kappa shape index (κ3) is 5.15. The molecule has 2 aromatic rings. The SMILES string of the molecule is Cc1nc(NCCNC(=O)Cc2ccc(F)cc2)cc(N2CCCC2)n1. The molecule has 1 aromatic heterocycles. The lowest BCUT2D eigenvalue weighted by atomic mass is 10.1. The molecule has 1 amide bonds. The summed E-state index contributed by atoms with van der Waals surface area (Å²) in [4.78, 5) is 23.1. The number of carbonyl (C=O) groups excluding carboxylic acids is 1. The van der Waals surface area contributed by atoms with Gasteiger partial charge in [-0.15, -0.1) is 0 Å². The van der Waals surface area contributed by atoms with Crippen molar-refractivity contribution in [1.29, 1.82) is 0 Å². The molecule has 0 bridgehead atoms. The van der Waals surface area contributed by atoms with Crippen LogP contribution in [0.25, 0.3) is 0 Å². The maximum Gasteiger partial charge on any atom is 0.224 e. The highest BCUT2D eigenvalue weighted by Gasteiger charge is 2.15. The molecule has 1 aliphatic rings. The minimum atomic E-state index is -0.299. The van der Waals surface area contributed by atoms with Crippen LogP contribution in [0.15, 0.2) is 30.3 Å². The number of halogens is 1. The summed E-state index contributed by atoms with van der Waals surface area (Å²) < 4.78 is 12.9. The Labute approximate surface area is 152 Å². The number of nitrogens with zero attached hydrogens (tertiary/aromatic N) is 3. The third-order valence-corrected chi connectivity index (χ3v) is 4.29. The summed E-state index contributed by atoms with van der Waals surface area (Å²) in [6, 6.07) is 7.92. The van der Waals surface area contributed by atoms with Crippen molar-refractivity contribution >= 4 is 17.5 Å². The highest BCUT2D eigenvalue weighted by molar-refractivity contribution is 5.78. The van der Waals surface area contributed by atoms with Gasteiger partial charge in [0.2, 0.25) is 5.91 Å². The minimum Gasteiger partial charge on any atom is -0.368 e. The second-order valence-electron chi connectivity index (χ2n) is 6.43. The van der Waals surface area contributed by atoms with Crippen LogP contribution >= 0.6 is 0 Å². The van der Waals surface area contributed by atoms with E-state index in [1.165, 1.54) is 25.0 Å². The Bertz CT molecular complexity index is 744. The number of rotatable bonds is 7. The number of nitrogens with one attached hydrogen (secondary N) is 2. The van der Waals surface area contributed by atoms with Gasteiger partial charge in [-0.3, -0.25) is 4.79 Å². The normalized spacial score (nSPS) is 13.7. The Morgan fingerprint density at radius 3 is 2.62 bits per heavy atom. The largest absolute Gasteiger partial charge is 0.368 e. The molecule has 0 spiro atoms. The zero-order valence-corrected chi connectivity index (χ0v) is 15.0. The van der Waals surface area contributed by atoms with Crippen molar-refractivity contribution in [3.63, 3.8) is 0 Å². The van der Waals surface area contributed by atoms with Crippen molar-refractivity contribution in [2.75, 3.05) is 36.4 Å². The predicted octanol–water partition coefficient (Wildman–Crippen LogP) is 2.30. The number of benzene rings is 1. The number of amides is 1. The lowest BCUT2D eigenvalue weighted by Gasteiger charge is -2.17. The molecule has 0 saturated carbocycles. The van der Waals surface area contributed by atoms with Crippen molar-refractivity contribution < 1.29 is 9.18 Å². The van der Waals surface area contributed by atoms with E-state index in [9.17, 15) is 9.18 Å². The van der Waals surface area contributed by atoms with Crippen LogP contribution in [-0.2, 0) is 11.2 Å². The molecule has 7 heteroatoms. The van der Waals surface area contributed by atoms with E-state index in [1.807, 2.05) is 13.0 Å². The third-order valence-electron chi connectivity index (χ3n) is 4.29. The fourth-order valence-electron chi connectivity index (χ4n) is 2.99. The molecular weight excluding hydrogens is 333 g/mol. The first-order valence-electron chi connectivity index (χ1n) is 8.96. The van der Waals surface area contributed by atoms with E-state index >= 15 is 0 Å². The van der Waals surface area contributed by atoms with Gasteiger partial charge in [0.1, 0.15) is 23.3 Å². The van der Waals surface area contributed by atoms with Crippen molar-refractivity contribution in [2.45, 2.75) is 26.2 Å². The fraction of sp³-hybridized carbons (Fsp3) is 0.421. The topological polar surface area (TPSA) is 70.2 Å². The fourth-order valence-corrected chi connectivity index (χ4v) is 2.99. The summed E-state index contributed by atoms with van der Waals surface area (Å²) in [5.41, 5.74) is 0.790. The van der Waals surface area contributed by atoms with Gasteiger partial charge in [0.15, 0.2) is 0 Å². The van der Waals surface area contributed by atoms with Gasteiger partial charge in [0, 0.05) is 32.2 Å². The predicted molar refractivity (Wildman–Crippen MR) is 99.8 cm³/mol. The van der Waals surface area contributed by atoms with Gasteiger partial charge in [-0.25, -0.2) is 14.4 Å². The van der Waals surface area contributed by atoms with Gasteiger partial charge in [0.25, 0.3) is 0 Å². The first kappa shape index (κ1) is 18.1. The van der Waals surface area contributed by atoms with Gasteiger partial charge in [-0.2, -0.15) is 0 Å². The van der Waals surface area contributed by atoms with E-state index in [2.05, 4.69) is 25.5 Å². The molecule has 2 heterocycles. The number of aromatic nitrogens is 2. The van der Waals surface area contributed by atoms with Gasteiger partial charge >= 0.3 is 0 Å². The average molecular weight is 357 g/mol. The molecule has 1 saturated heterocycles. The highest BCUT2D eigenvalue weighted by Crippen LogP contribution is 2.20. The Morgan fingerprint density at radius 2 is 1.88 bits per heavy atom. The number of hydrogen-bond donors (Lipinski definition) is 2. The van der Waals surface area contributed by atoms with Crippen LogP contribution in [-0.4, -0.2) is 42.1 Å². The summed E-state index contributed by atoms with van der Waals surface area (Å²) in [6.07, 6.45) is 2.64. The standard InChI is InChI=1S/C19H24FN5O/c1-14-23-17(13-18(24-14)25-10-2-3-11-25)21-8-9-22-19(26)12-15-4-6-16(20)7-5-15/h4-7,13H,2-3,8-12H2,1H3,(H,22,26)(H,21,23,24). The summed E-state index contributed by atoms with van der Waals surface area (Å²) in [5.74, 6) is 2.07. The molecule has 1 aromatic carbocycles. The van der Waals surface area contributed by atoms with Crippen molar-refractivity contribution in [3.8, 4) is 0 Å². The maximum atomic E-state index is 12.9. The maximum absolute atomic E-state index is 12.9. The molecule has 138 valence electrons. The first-order valence-corrected chi connectivity index (χ1v) is 8.96. The van der Waals surface area contributed by atoms with Crippen LogP contribution in [0.2, 0.25) is 0 Å². The summed E-state index contributed by atoms with van der Waals surface area (Å²) in [5, 5.41) is 6.09. The molecule has 6 nitrogen and oxygen atoms in total. The van der Waals surface area contributed by atoms with Crippen LogP contribution in [0.3, 0.4) is 0 Å². The molecule has 0 atom stereocenters. The Hall–Kier alpha value is -2.70. The molecule has 2 N–H and O–H groups in total. The molecular formula is C19H24FN5O. The summed E-state index contributed by atoms with van der Waals surface area (Å²) in [7, 11) is 0. The van der Waals surface area contributed by atoms with E-state index in [1.54, 1.807) is 12.1 Å². The first-order chi connectivity index (χ1) is 12.6. The second kappa shape index (κ2) is 8.60. The Balaban J connectivity index is 1.44. The minimum absolute atomic E-state index is 0.0879. The van der Waals surface area contributed by atoms with Crippen molar-refractivity contribution in [3.05, 3.63) is 47.5 Å². The van der Waals surface area contributed by atoms with Gasteiger partial charge < -0.3 is 15.5 Å². The quantitative estimate of drug-likeness (QED) is 0.744. The van der Waals surface area contributed by atoms with Crippen molar-refractivity contribution in [1.82, 2.24) is 15.3 Å². The Kier molecular flexibility index (Phi) is 5.99. The monoisotopic (exact) mass is 357 g/mol. The summed E-state index contributed by atoms with van der Waals surface area (Å²) in [6.45, 7) is 5.02. The van der Waals surface area contributed by atoms with Gasteiger partial charge in [0.05, 0.1) is 6.42 Å². The average Bonchev–Trinajstić information content (AvgIpc) is 3.15. The van der Waals surface area contributed by atoms with E-state index < -0.39 is 0 Å². The van der Waals surface area contributed by atoms with Gasteiger partial charge in [-0.05, 0) is 37.5 Å². The molecule has 3 rings (SSSR count). The lowest BCUT2D eigenvalue weighted by molar-refractivity contribution is -0.120. The molecule has 1 aliphatic heterocycles. The number of aryl methyl sites for hydroxylation is 1. The van der Waals surface area contributed by atoms with Crippen LogP contribution < -0.4 is 15.5 Å². The number of hydrogen-bond acceptors (Lipinski definition) is 5. The van der Waals surface area contributed by atoms with Crippen LogP contribution in [0.5, 0.6) is 0 Å². The second-order valence-corrected chi connectivity index (χ2v) is 6.43. The van der Waals surface area contributed by atoms with Crippen LogP contribution in [0, 0.1) is 12.7 Å². The molecule has 0 aliphatic carbocycles. The van der Waals surface area contributed by atoms with Gasteiger partial charge in [-0.1, -0.05) is 12.1 Å². The zero-order valence-electron chi connectivity index (χ0n) is 15.0. The highest BCUT2D eigenvalue weighted by atomic mass is 19.1. The number of anilines is 2. The van der Waals surface area contributed by atoms with Crippen molar-refractivity contribution in [2.24, 2.45) is 0 Å². The van der Waals surface area contributed by atoms with Crippen LogP contribution in [0.1, 0.15) is 24.2 Å². The zero-order chi connectivity index (χ0) is 18.4.